The Morgan fingerprint density at radius 1 is 1.62 bits per heavy atom. The molecule has 0 spiro atoms. The highest BCUT2D eigenvalue weighted by Crippen LogP contribution is 2.22. The maximum Gasteiger partial charge on any atom is 0.304 e. The van der Waals surface area contributed by atoms with Crippen LogP contribution < -0.4 is 0 Å². The van der Waals surface area contributed by atoms with Gasteiger partial charge in [-0.25, -0.2) is 4.98 Å². The lowest BCUT2D eigenvalue weighted by atomic mass is 10.3. The Bertz CT molecular complexity index is 422. The molecule has 0 aromatic carbocycles. The lowest BCUT2D eigenvalue weighted by molar-refractivity contribution is -0.385. The number of nitro groups is 1. The predicted molar refractivity (Wildman–Crippen MR) is 58.6 cm³/mol. The van der Waals surface area contributed by atoms with Gasteiger partial charge in [-0.2, -0.15) is 0 Å². The molecule has 0 radical (unpaired) electrons. The second-order valence-electron chi connectivity index (χ2n) is 3.00. The molecule has 7 heteroatoms. The van der Waals surface area contributed by atoms with E-state index in [9.17, 15) is 14.9 Å². The number of hydrogen-bond acceptors (Lipinski definition) is 5. The highest BCUT2D eigenvalue weighted by molar-refractivity contribution is 7.99. The third-order valence-electron chi connectivity index (χ3n) is 1.79. The van der Waals surface area contributed by atoms with Crippen LogP contribution in [0.1, 0.15) is 12.1 Å². The average molecular weight is 242 g/mol. The van der Waals surface area contributed by atoms with Crippen LogP contribution in [0.2, 0.25) is 0 Å². The molecule has 0 unspecified atom stereocenters. The van der Waals surface area contributed by atoms with Crippen molar-refractivity contribution in [2.45, 2.75) is 18.4 Å². The lowest BCUT2D eigenvalue weighted by Crippen LogP contribution is -1.98. The molecule has 0 saturated heterocycles. The summed E-state index contributed by atoms with van der Waals surface area (Å²) in [7, 11) is 0. The first-order valence-electron chi connectivity index (χ1n) is 4.47. The van der Waals surface area contributed by atoms with Crippen molar-refractivity contribution in [1.82, 2.24) is 4.98 Å². The van der Waals surface area contributed by atoms with E-state index in [1.54, 1.807) is 6.92 Å². The fraction of sp³-hybridized carbons (Fsp3) is 0.333. The third-order valence-corrected chi connectivity index (χ3v) is 2.73. The van der Waals surface area contributed by atoms with Crippen LogP contribution in [0.3, 0.4) is 0 Å². The van der Waals surface area contributed by atoms with Crippen molar-refractivity contribution in [3.63, 3.8) is 0 Å². The summed E-state index contributed by atoms with van der Waals surface area (Å²) in [6.07, 6.45) is 0.0440. The summed E-state index contributed by atoms with van der Waals surface area (Å²) in [6.45, 7) is 1.55. The van der Waals surface area contributed by atoms with E-state index in [0.717, 1.165) is 0 Å². The molecule has 1 rings (SSSR count). The van der Waals surface area contributed by atoms with Gasteiger partial charge in [0.05, 0.1) is 16.4 Å². The zero-order valence-corrected chi connectivity index (χ0v) is 9.36. The van der Waals surface area contributed by atoms with Crippen molar-refractivity contribution >= 4 is 23.4 Å². The summed E-state index contributed by atoms with van der Waals surface area (Å²) >= 11 is 1.27. The molecule has 1 aromatic rings. The van der Waals surface area contributed by atoms with Gasteiger partial charge in [0, 0.05) is 11.8 Å². The Morgan fingerprint density at radius 3 is 2.81 bits per heavy atom. The van der Waals surface area contributed by atoms with E-state index in [1.165, 1.54) is 23.9 Å². The van der Waals surface area contributed by atoms with Gasteiger partial charge in [0.2, 0.25) is 0 Å². The number of carboxylic acids is 1. The number of aliphatic carboxylic acids is 1. The number of rotatable bonds is 5. The molecule has 0 atom stereocenters. The molecule has 0 aliphatic heterocycles. The van der Waals surface area contributed by atoms with Gasteiger partial charge in [-0.3, -0.25) is 14.9 Å². The van der Waals surface area contributed by atoms with Crippen molar-refractivity contribution in [3.8, 4) is 0 Å². The number of pyridine rings is 1. The minimum Gasteiger partial charge on any atom is -0.481 e. The van der Waals surface area contributed by atoms with Crippen LogP contribution in [0, 0.1) is 17.0 Å². The van der Waals surface area contributed by atoms with E-state index < -0.39 is 10.9 Å². The molecular formula is C9H10N2O4S. The average Bonchev–Trinajstić information content (AvgIpc) is 2.16. The van der Waals surface area contributed by atoms with Crippen molar-refractivity contribution in [2.75, 3.05) is 5.75 Å². The normalized spacial score (nSPS) is 10.1. The summed E-state index contributed by atoms with van der Waals surface area (Å²) in [4.78, 5) is 24.3. The maximum atomic E-state index is 10.5. The highest BCUT2D eigenvalue weighted by atomic mass is 32.2. The molecule has 0 fully saturated rings. The molecule has 0 amide bonds. The SMILES string of the molecule is Cc1nc(SCCC(=O)O)ccc1[N+](=O)[O-]. The van der Waals surface area contributed by atoms with Crippen LogP contribution >= 0.6 is 11.8 Å². The lowest BCUT2D eigenvalue weighted by Gasteiger charge is -2.01. The zero-order chi connectivity index (χ0) is 12.1. The van der Waals surface area contributed by atoms with Gasteiger partial charge in [-0.15, -0.1) is 11.8 Å². The van der Waals surface area contributed by atoms with Crippen LogP contribution in [-0.4, -0.2) is 26.7 Å². The van der Waals surface area contributed by atoms with Crippen molar-refractivity contribution in [1.29, 1.82) is 0 Å². The van der Waals surface area contributed by atoms with Gasteiger partial charge in [0.25, 0.3) is 5.69 Å². The number of thioether (sulfide) groups is 1. The Balaban J connectivity index is 2.66. The minimum absolute atomic E-state index is 0.0254. The van der Waals surface area contributed by atoms with Gasteiger partial charge >= 0.3 is 5.97 Å². The summed E-state index contributed by atoms with van der Waals surface area (Å²) in [5.74, 6) is -0.467. The Hall–Kier alpha value is -1.63. The van der Waals surface area contributed by atoms with Gasteiger partial charge in [-0.05, 0) is 13.0 Å². The van der Waals surface area contributed by atoms with Crippen LogP contribution in [0.25, 0.3) is 0 Å². The van der Waals surface area contributed by atoms with Crippen LogP contribution in [0.5, 0.6) is 0 Å². The first-order chi connectivity index (χ1) is 7.50. The molecule has 0 aliphatic rings. The zero-order valence-electron chi connectivity index (χ0n) is 8.54. The summed E-state index contributed by atoms with van der Waals surface area (Å²) in [5, 5.41) is 19.6. The molecule has 0 aliphatic carbocycles. The molecule has 0 bridgehead atoms. The molecular weight excluding hydrogens is 232 g/mol. The van der Waals surface area contributed by atoms with E-state index in [1.807, 2.05) is 0 Å². The quantitative estimate of drug-likeness (QED) is 0.481. The summed E-state index contributed by atoms with van der Waals surface area (Å²) in [6, 6.07) is 2.91. The van der Waals surface area contributed by atoms with Gasteiger partial charge in [0.15, 0.2) is 0 Å². The largest absolute Gasteiger partial charge is 0.481 e. The van der Waals surface area contributed by atoms with Gasteiger partial charge in [-0.1, -0.05) is 0 Å². The van der Waals surface area contributed by atoms with Crippen molar-refractivity contribution in [3.05, 3.63) is 27.9 Å². The number of hydrogen-bond donors (Lipinski definition) is 1. The standard InChI is InChI=1S/C9H10N2O4S/c1-6-7(11(14)15)2-3-8(10-6)16-5-4-9(12)13/h2-3H,4-5H2,1H3,(H,12,13). The van der Waals surface area contributed by atoms with Crippen molar-refractivity contribution in [2.24, 2.45) is 0 Å². The fourth-order valence-electron chi connectivity index (χ4n) is 1.05. The maximum absolute atomic E-state index is 10.5. The van der Waals surface area contributed by atoms with Gasteiger partial charge in [0.1, 0.15) is 5.69 Å². The molecule has 16 heavy (non-hydrogen) atoms. The minimum atomic E-state index is -0.869. The summed E-state index contributed by atoms with van der Waals surface area (Å²) in [5.41, 5.74) is 0.313. The topological polar surface area (TPSA) is 93.3 Å². The van der Waals surface area contributed by atoms with Gasteiger partial charge < -0.3 is 5.11 Å². The van der Waals surface area contributed by atoms with Crippen LogP contribution in [0.4, 0.5) is 5.69 Å². The van der Waals surface area contributed by atoms with E-state index in [4.69, 9.17) is 5.11 Å². The predicted octanol–water partition coefficient (Wildman–Crippen LogP) is 1.87. The van der Waals surface area contributed by atoms with E-state index >= 15 is 0 Å². The molecule has 1 N–H and O–H groups in total. The second-order valence-corrected chi connectivity index (χ2v) is 4.12. The number of carbonyl (C=O) groups is 1. The van der Waals surface area contributed by atoms with E-state index in [2.05, 4.69) is 4.98 Å². The highest BCUT2D eigenvalue weighted by Gasteiger charge is 2.11. The van der Waals surface area contributed by atoms with Crippen LogP contribution in [-0.2, 0) is 4.79 Å². The number of aryl methyl sites for hydroxylation is 1. The molecule has 0 saturated carbocycles. The Kier molecular flexibility index (Phi) is 4.24. The second kappa shape index (κ2) is 5.45. The first kappa shape index (κ1) is 12.4. The molecule has 6 nitrogen and oxygen atoms in total. The number of carboxylic acid groups (broad SMARTS) is 1. The van der Waals surface area contributed by atoms with E-state index in [-0.39, 0.29) is 12.1 Å². The van der Waals surface area contributed by atoms with E-state index in [0.29, 0.717) is 16.5 Å². The van der Waals surface area contributed by atoms with Crippen LogP contribution in [0.15, 0.2) is 17.2 Å². The fourth-order valence-corrected chi connectivity index (χ4v) is 1.90. The Labute approximate surface area is 95.8 Å². The Morgan fingerprint density at radius 2 is 2.31 bits per heavy atom. The molecule has 86 valence electrons. The molecule has 1 aromatic heterocycles. The first-order valence-corrected chi connectivity index (χ1v) is 5.46. The molecule has 1 heterocycles. The number of aromatic nitrogens is 1. The smallest absolute Gasteiger partial charge is 0.304 e. The number of nitrogens with zero attached hydrogens (tertiary/aromatic N) is 2. The monoisotopic (exact) mass is 242 g/mol. The summed E-state index contributed by atoms with van der Waals surface area (Å²) < 4.78 is 0. The van der Waals surface area contributed by atoms with Crippen molar-refractivity contribution < 1.29 is 14.8 Å². The third kappa shape index (κ3) is 3.50.